The third-order valence-electron chi connectivity index (χ3n) is 4.75. The lowest BCUT2D eigenvalue weighted by Gasteiger charge is -2.18. The molecule has 1 amide bonds. The summed E-state index contributed by atoms with van der Waals surface area (Å²) in [5.41, 5.74) is 2.81. The Morgan fingerprint density at radius 2 is 1.33 bits per heavy atom. The third kappa shape index (κ3) is 5.00. The summed E-state index contributed by atoms with van der Waals surface area (Å²) in [6.07, 6.45) is 0. The number of likely N-dealkylation sites (N-methyl/N-ethyl adjacent to an activating group) is 1. The number of aryl methyl sites for hydroxylation is 1. The van der Waals surface area contributed by atoms with E-state index in [0.717, 1.165) is 11.1 Å². The van der Waals surface area contributed by atoms with Crippen molar-refractivity contribution in [3.8, 4) is 0 Å². The maximum atomic E-state index is 13.0. The SMILES string of the molecule is Cc1ccccc1C(=O)c1ccccc1C(=O)N(C)CC(=O)OCc1ccccc1. The lowest BCUT2D eigenvalue weighted by Crippen LogP contribution is -2.34. The van der Waals surface area contributed by atoms with E-state index in [-0.39, 0.29) is 24.5 Å². The van der Waals surface area contributed by atoms with Crippen LogP contribution in [0.15, 0.2) is 78.9 Å². The van der Waals surface area contributed by atoms with Crippen LogP contribution >= 0.6 is 0 Å². The highest BCUT2D eigenvalue weighted by Gasteiger charge is 2.22. The summed E-state index contributed by atoms with van der Waals surface area (Å²) >= 11 is 0. The minimum Gasteiger partial charge on any atom is -0.459 e. The maximum Gasteiger partial charge on any atom is 0.325 e. The lowest BCUT2D eigenvalue weighted by molar-refractivity contribution is -0.145. The van der Waals surface area contributed by atoms with Gasteiger partial charge in [0.15, 0.2) is 5.78 Å². The van der Waals surface area contributed by atoms with Crippen molar-refractivity contribution >= 4 is 17.7 Å². The van der Waals surface area contributed by atoms with Crippen molar-refractivity contribution in [2.24, 2.45) is 0 Å². The number of ether oxygens (including phenoxy) is 1. The number of benzene rings is 3. The Morgan fingerprint density at radius 3 is 2.00 bits per heavy atom. The van der Waals surface area contributed by atoms with Gasteiger partial charge in [-0.15, -0.1) is 0 Å². The van der Waals surface area contributed by atoms with E-state index in [1.165, 1.54) is 11.9 Å². The summed E-state index contributed by atoms with van der Waals surface area (Å²) < 4.78 is 5.25. The minimum absolute atomic E-state index is 0.143. The van der Waals surface area contributed by atoms with Crippen molar-refractivity contribution in [3.05, 3.63) is 107 Å². The molecule has 0 aliphatic carbocycles. The Bertz CT molecular complexity index is 1060. The van der Waals surface area contributed by atoms with Gasteiger partial charge in [-0.1, -0.05) is 72.8 Å². The topological polar surface area (TPSA) is 63.7 Å². The predicted octanol–water partition coefficient (Wildman–Crippen LogP) is 4.04. The fourth-order valence-electron chi connectivity index (χ4n) is 3.10. The van der Waals surface area contributed by atoms with Gasteiger partial charge in [-0.3, -0.25) is 14.4 Å². The van der Waals surface area contributed by atoms with Crippen molar-refractivity contribution < 1.29 is 19.1 Å². The van der Waals surface area contributed by atoms with E-state index in [1.54, 1.807) is 36.4 Å². The number of carbonyl (C=O) groups is 3. The zero-order valence-electron chi connectivity index (χ0n) is 17.0. The molecule has 0 aliphatic heterocycles. The lowest BCUT2D eigenvalue weighted by atomic mass is 9.95. The van der Waals surface area contributed by atoms with Gasteiger partial charge < -0.3 is 9.64 Å². The molecular formula is C25H23NO4. The standard InChI is InChI=1S/C25H23NO4/c1-18-10-6-7-13-20(18)24(28)21-14-8-9-15-22(21)25(29)26(2)16-23(27)30-17-19-11-4-3-5-12-19/h3-15H,16-17H2,1-2H3. The van der Waals surface area contributed by atoms with Gasteiger partial charge in [0.05, 0.1) is 5.56 Å². The van der Waals surface area contributed by atoms with Gasteiger partial charge in [0.2, 0.25) is 0 Å². The third-order valence-corrected chi connectivity index (χ3v) is 4.75. The fraction of sp³-hybridized carbons (Fsp3) is 0.160. The molecule has 0 heterocycles. The highest BCUT2D eigenvalue weighted by Crippen LogP contribution is 2.18. The monoisotopic (exact) mass is 401 g/mol. The Kier molecular flexibility index (Phi) is 6.75. The van der Waals surface area contributed by atoms with Crippen molar-refractivity contribution in [2.75, 3.05) is 13.6 Å². The number of rotatable bonds is 7. The van der Waals surface area contributed by atoms with Crippen molar-refractivity contribution in [2.45, 2.75) is 13.5 Å². The van der Waals surface area contributed by atoms with Gasteiger partial charge in [0, 0.05) is 18.2 Å². The van der Waals surface area contributed by atoms with Crippen LogP contribution in [0.2, 0.25) is 0 Å². The minimum atomic E-state index is -0.516. The molecule has 0 aliphatic rings. The molecule has 0 unspecified atom stereocenters. The molecule has 0 fully saturated rings. The number of carbonyl (C=O) groups excluding carboxylic acids is 3. The molecule has 0 aromatic heterocycles. The van der Waals surface area contributed by atoms with Gasteiger partial charge in [-0.25, -0.2) is 0 Å². The van der Waals surface area contributed by atoms with E-state index in [2.05, 4.69) is 0 Å². The van der Waals surface area contributed by atoms with Crippen LogP contribution in [0, 0.1) is 6.92 Å². The van der Waals surface area contributed by atoms with Crippen LogP contribution in [-0.4, -0.2) is 36.2 Å². The summed E-state index contributed by atoms with van der Waals surface area (Å²) in [4.78, 5) is 39.4. The average molecular weight is 401 g/mol. The number of ketones is 1. The van der Waals surface area contributed by atoms with Gasteiger partial charge in [-0.2, -0.15) is 0 Å². The quantitative estimate of drug-likeness (QED) is 0.443. The zero-order valence-corrected chi connectivity index (χ0v) is 17.0. The molecule has 0 radical (unpaired) electrons. The highest BCUT2D eigenvalue weighted by atomic mass is 16.5. The van der Waals surface area contributed by atoms with Crippen LogP contribution < -0.4 is 0 Å². The van der Waals surface area contributed by atoms with Crippen LogP contribution in [0.5, 0.6) is 0 Å². The Labute approximate surface area is 175 Å². The maximum absolute atomic E-state index is 13.0. The summed E-state index contributed by atoms with van der Waals surface area (Å²) in [5.74, 6) is -1.15. The van der Waals surface area contributed by atoms with E-state index < -0.39 is 11.9 Å². The van der Waals surface area contributed by atoms with Gasteiger partial charge in [-0.05, 0) is 24.1 Å². The first-order valence-electron chi connectivity index (χ1n) is 9.61. The van der Waals surface area contributed by atoms with Crippen LogP contribution in [0.1, 0.15) is 37.4 Å². The van der Waals surface area contributed by atoms with E-state index >= 15 is 0 Å². The summed E-state index contributed by atoms with van der Waals surface area (Å²) in [7, 11) is 1.52. The summed E-state index contributed by atoms with van der Waals surface area (Å²) in [6.45, 7) is 1.79. The number of amides is 1. The molecule has 30 heavy (non-hydrogen) atoms. The Hall–Kier alpha value is -3.73. The second-order valence-electron chi connectivity index (χ2n) is 7.00. The number of nitrogens with zero attached hydrogens (tertiary/aromatic N) is 1. The number of hydrogen-bond donors (Lipinski definition) is 0. The first-order valence-corrected chi connectivity index (χ1v) is 9.61. The molecule has 0 spiro atoms. The van der Waals surface area contributed by atoms with Gasteiger partial charge >= 0.3 is 5.97 Å². The van der Waals surface area contributed by atoms with Gasteiger partial charge in [0.25, 0.3) is 5.91 Å². The van der Waals surface area contributed by atoms with Crippen LogP contribution in [0.3, 0.4) is 0 Å². The molecule has 152 valence electrons. The molecule has 0 bridgehead atoms. The number of hydrogen-bond acceptors (Lipinski definition) is 4. The van der Waals surface area contributed by atoms with Crippen molar-refractivity contribution in [1.29, 1.82) is 0 Å². The van der Waals surface area contributed by atoms with Crippen molar-refractivity contribution in [3.63, 3.8) is 0 Å². The Morgan fingerprint density at radius 1 is 0.767 bits per heavy atom. The fourth-order valence-corrected chi connectivity index (χ4v) is 3.10. The van der Waals surface area contributed by atoms with Gasteiger partial charge in [0.1, 0.15) is 13.2 Å². The normalized spacial score (nSPS) is 10.3. The van der Waals surface area contributed by atoms with E-state index in [0.29, 0.717) is 11.1 Å². The summed E-state index contributed by atoms with van der Waals surface area (Å²) in [5, 5.41) is 0. The first kappa shape index (κ1) is 21.0. The second-order valence-corrected chi connectivity index (χ2v) is 7.00. The van der Waals surface area contributed by atoms with E-state index in [9.17, 15) is 14.4 Å². The number of esters is 1. The average Bonchev–Trinajstić information content (AvgIpc) is 2.77. The smallest absolute Gasteiger partial charge is 0.325 e. The molecule has 3 rings (SSSR count). The molecule has 0 N–H and O–H groups in total. The van der Waals surface area contributed by atoms with Crippen LogP contribution in [0.25, 0.3) is 0 Å². The molecule has 0 saturated carbocycles. The molecule has 0 saturated heterocycles. The molecule has 3 aromatic carbocycles. The second kappa shape index (κ2) is 9.65. The van der Waals surface area contributed by atoms with E-state index in [4.69, 9.17) is 4.74 Å². The molecule has 3 aromatic rings. The van der Waals surface area contributed by atoms with E-state index in [1.807, 2.05) is 49.4 Å². The van der Waals surface area contributed by atoms with Crippen LogP contribution in [-0.2, 0) is 16.1 Å². The first-order chi connectivity index (χ1) is 14.5. The summed E-state index contributed by atoms with van der Waals surface area (Å²) in [6, 6.07) is 23.2. The van der Waals surface area contributed by atoms with Crippen LogP contribution in [0.4, 0.5) is 0 Å². The molecule has 5 nitrogen and oxygen atoms in total. The zero-order chi connectivity index (χ0) is 21.5. The molecular weight excluding hydrogens is 378 g/mol. The highest BCUT2D eigenvalue weighted by molar-refractivity contribution is 6.16. The molecule has 0 atom stereocenters. The Balaban J connectivity index is 1.71. The largest absolute Gasteiger partial charge is 0.459 e. The van der Waals surface area contributed by atoms with Crippen molar-refractivity contribution in [1.82, 2.24) is 4.90 Å². The predicted molar refractivity (Wildman–Crippen MR) is 114 cm³/mol. The molecule has 5 heteroatoms.